The molecule has 3 aromatic rings. The number of methoxy groups -OCH3 is 1. The molecule has 21 heavy (non-hydrogen) atoms. The molecule has 0 aliphatic carbocycles. The molecule has 0 atom stereocenters. The minimum absolute atomic E-state index is 0.0484. The van der Waals surface area contributed by atoms with Gasteiger partial charge in [-0.1, -0.05) is 23.2 Å². The Kier molecular flexibility index (Phi) is 3.66. The largest absolute Gasteiger partial charge is 0.497 e. The smallest absolute Gasteiger partial charge is 0.161 e. The van der Waals surface area contributed by atoms with Gasteiger partial charge in [0, 0.05) is 17.0 Å². The van der Waals surface area contributed by atoms with E-state index in [-0.39, 0.29) is 5.02 Å². The summed E-state index contributed by atoms with van der Waals surface area (Å²) in [5.74, 6) is 0.460. The van der Waals surface area contributed by atoms with Crippen molar-refractivity contribution in [3.63, 3.8) is 0 Å². The Morgan fingerprint density at radius 1 is 1.05 bits per heavy atom. The minimum Gasteiger partial charge on any atom is -0.497 e. The lowest BCUT2D eigenvalue weighted by Gasteiger charge is -2.07. The Hall–Kier alpha value is -1.91. The molecule has 2 aromatic carbocycles. The second-order valence-electron chi connectivity index (χ2n) is 4.35. The fourth-order valence-corrected chi connectivity index (χ4v) is 2.32. The number of hydrogen-bond donors (Lipinski definition) is 0. The van der Waals surface area contributed by atoms with E-state index in [9.17, 15) is 4.39 Å². The molecule has 0 amide bonds. The summed E-state index contributed by atoms with van der Waals surface area (Å²) in [7, 11) is 1.57. The van der Waals surface area contributed by atoms with Gasteiger partial charge in [0.2, 0.25) is 0 Å². The maximum atomic E-state index is 13.6. The van der Waals surface area contributed by atoms with Crippen LogP contribution in [0.5, 0.6) is 5.75 Å². The number of hydrogen-bond acceptors (Lipinski definition) is 3. The van der Waals surface area contributed by atoms with E-state index in [0.717, 1.165) is 0 Å². The van der Waals surface area contributed by atoms with Crippen molar-refractivity contribution < 1.29 is 9.13 Å². The second kappa shape index (κ2) is 5.47. The Morgan fingerprint density at radius 3 is 2.57 bits per heavy atom. The molecule has 0 saturated carbocycles. The average Bonchev–Trinajstić information content (AvgIpc) is 2.49. The normalized spacial score (nSPS) is 10.9. The predicted molar refractivity (Wildman–Crippen MR) is 81.5 cm³/mol. The monoisotopic (exact) mass is 322 g/mol. The lowest BCUT2D eigenvalue weighted by atomic mass is 10.2. The quantitative estimate of drug-likeness (QED) is 0.638. The first kappa shape index (κ1) is 14.0. The molecule has 0 radical (unpaired) electrons. The molecule has 0 aliphatic heterocycles. The molecule has 0 unspecified atom stereocenters. The van der Waals surface area contributed by atoms with Gasteiger partial charge >= 0.3 is 0 Å². The van der Waals surface area contributed by atoms with E-state index in [4.69, 9.17) is 27.9 Å². The third kappa shape index (κ3) is 2.64. The summed E-state index contributed by atoms with van der Waals surface area (Å²) >= 11 is 11.8. The molecule has 1 heterocycles. The maximum absolute atomic E-state index is 13.6. The fraction of sp³-hybridized carbons (Fsp3) is 0.0667. The molecule has 3 rings (SSSR count). The van der Waals surface area contributed by atoms with E-state index in [0.29, 0.717) is 33.2 Å². The fourth-order valence-electron chi connectivity index (χ4n) is 1.96. The average molecular weight is 323 g/mol. The first-order valence-corrected chi connectivity index (χ1v) is 6.81. The highest BCUT2D eigenvalue weighted by Gasteiger charge is 2.10. The van der Waals surface area contributed by atoms with E-state index in [1.807, 2.05) is 0 Å². The molecule has 1 aromatic heterocycles. The number of benzene rings is 2. The van der Waals surface area contributed by atoms with Gasteiger partial charge in [0.15, 0.2) is 5.82 Å². The van der Waals surface area contributed by atoms with Crippen molar-refractivity contribution in [2.45, 2.75) is 0 Å². The van der Waals surface area contributed by atoms with Gasteiger partial charge in [0.25, 0.3) is 0 Å². The summed E-state index contributed by atoms with van der Waals surface area (Å²) in [5.41, 5.74) is 1.13. The highest BCUT2D eigenvalue weighted by molar-refractivity contribution is 6.34. The number of rotatable bonds is 2. The van der Waals surface area contributed by atoms with Gasteiger partial charge in [0.05, 0.1) is 17.6 Å². The highest BCUT2D eigenvalue weighted by atomic mass is 35.5. The Balaban J connectivity index is 2.20. The maximum Gasteiger partial charge on any atom is 0.161 e. The zero-order valence-electron chi connectivity index (χ0n) is 10.9. The van der Waals surface area contributed by atoms with E-state index >= 15 is 0 Å². The number of aromatic nitrogens is 2. The summed E-state index contributed by atoms with van der Waals surface area (Å²) in [6, 6.07) is 9.68. The van der Waals surface area contributed by atoms with Crippen molar-refractivity contribution in [3.05, 3.63) is 52.4 Å². The minimum atomic E-state index is -0.528. The lowest BCUT2D eigenvalue weighted by Crippen LogP contribution is -1.93. The van der Waals surface area contributed by atoms with Gasteiger partial charge < -0.3 is 4.74 Å². The predicted octanol–water partition coefficient (Wildman–Crippen LogP) is 4.75. The third-order valence-electron chi connectivity index (χ3n) is 3.04. The molecule has 0 N–H and O–H groups in total. The van der Waals surface area contributed by atoms with Crippen LogP contribution in [0.1, 0.15) is 0 Å². The van der Waals surface area contributed by atoms with Crippen molar-refractivity contribution in [1.29, 1.82) is 0 Å². The van der Waals surface area contributed by atoms with Crippen molar-refractivity contribution in [3.8, 4) is 17.1 Å². The molecule has 0 bridgehead atoms. The van der Waals surface area contributed by atoms with Crippen molar-refractivity contribution in [2.24, 2.45) is 0 Å². The molecular formula is C15H9Cl2FN2O. The molecule has 3 nitrogen and oxygen atoms in total. The molecule has 0 spiro atoms. The highest BCUT2D eigenvalue weighted by Crippen LogP contribution is 2.28. The molecule has 0 fully saturated rings. The number of nitrogens with zero attached hydrogens (tertiary/aromatic N) is 2. The van der Waals surface area contributed by atoms with Gasteiger partial charge in [-0.15, -0.1) is 0 Å². The van der Waals surface area contributed by atoms with Crippen LogP contribution in [0.2, 0.25) is 10.2 Å². The number of halogens is 3. The van der Waals surface area contributed by atoms with E-state index in [1.54, 1.807) is 31.4 Å². The second-order valence-corrected chi connectivity index (χ2v) is 5.12. The molecule has 0 aliphatic rings. The Morgan fingerprint density at radius 2 is 1.86 bits per heavy atom. The van der Waals surface area contributed by atoms with Crippen LogP contribution in [-0.2, 0) is 0 Å². The standard InChI is InChI=1S/C15H9Cl2FN2O/c1-21-9-3-4-10-13(7-9)19-15(20-14(10)17)8-2-5-11(16)12(18)6-8/h2-7H,1H3. The first-order valence-electron chi connectivity index (χ1n) is 6.05. The summed E-state index contributed by atoms with van der Waals surface area (Å²) in [6.07, 6.45) is 0. The van der Waals surface area contributed by atoms with Crippen LogP contribution in [0.15, 0.2) is 36.4 Å². The van der Waals surface area contributed by atoms with Crippen LogP contribution in [0.3, 0.4) is 0 Å². The van der Waals surface area contributed by atoms with Crippen LogP contribution >= 0.6 is 23.2 Å². The van der Waals surface area contributed by atoms with Crippen molar-refractivity contribution in [2.75, 3.05) is 7.11 Å². The topological polar surface area (TPSA) is 35.0 Å². The Labute approximate surface area is 130 Å². The van der Waals surface area contributed by atoms with E-state index in [2.05, 4.69) is 9.97 Å². The summed E-state index contributed by atoms with van der Waals surface area (Å²) in [6.45, 7) is 0. The van der Waals surface area contributed by atoms with Crippen molar-refractivity contribution >= 4 is 34.1 Å². The molecule has 106 valence electrons. The van der Waals surface area contributed by atoms with Gasteiger partial charge in [0.1, 0.15) is 16.7 Å². The summed E-state index contributed by atoms with van der Waals surface area (Å²) in [5, 5.41) is 1.05. The van der Waals surface area contributed by atoms with E-state index in [1.165, 1.54) is 12.1 Å². The van der Waals surface area contributed by atoms with Crippen LogP contribution in [0, 0.1) is 5.82 Å². The summed E-state index contributed by atoms with van der Waals surface area (Å²) in [4.78, 5) is 8.60. The molecule has 0 saturated heterocycles. The van der Waals surface area contributed by atoms with E-state index < -0.39 is 5.82 Å². The number of fused-ring (bicyclic) bond motifs is 1. The van der Waals surface area contributed by atoms with Gasteiger partial charge in [-0.2, -0.15) is 0 Å². The van der Waals surface area contributed by atoms with Crippen LogP contribution in [-0.4, -0.2) is 17.1 Å². The third-order valence-corrected chi connectivity index (χ3v) is 3.63. The van der Waals surface area contributed by atoms with Gasteiger partial charge in [-0.3, -0.25) is 0 Å². The number of ether oxygens (including phenoxy) is 1. The zero-order valence-corrected chi connectivity index (χ0v) is 12.4. The van der Waals surface area contributed by atoms with Gasteiger partial charge in [-0.25, -0.2) is 14.4 Å². The lowest BCUT2D eigenvalue weighted by molar-refractivity contribution is 0.415. The van der Waals surface area contributed by atoms with Crippen LogP contribution in [0.25, 0.3) is 22.3 Å². The van der Waals surface area contributed by atoms with Crippen LogP contribution < -0.4 is 4.74 Å². The molecular weight excluding hydrogens is 314 g/mol. The van der Waals surface area contributed by atoms with Crippen molar-refractivity contribution in [1.82, 2.24) is 9.97 Å². The SMILES string of the molecule is COc1ccc2c(Cl)nc(-c3ccc(Cl)c(F)c3)nc2c1. The molecule has 6 heteroatoms. The zero-order chi connectivity index (χ0) is 15.0. The van der Waals surface area contributed by atoms with Gasteiger partial charge in [-0.05, 0) is 30.3 Å². The van der Waals surface area contributed by atoms with Crippen LogP contribution in [0.4, 0.5) is 4.39 Å². The summed E-state index contributed by atoms with van der Waals surface area (Å²) < 4.78 is 18.7. The first-order chi connectivity index (χ1) is 10.1. The Bertz CT molecular complexity index is 839.